The van der Waals surface area contributed by atoms with Gasteiger partial charge in [-0.2, -0.15) is 4.98 Å². The highest BCUT2D eigenvalue weighted by Crippen LogP contribution is 2.26. The van der Waals surface area contributed by atoms with Crippen LogP contribution in [0.2, 0.25) is 0 Å². The summed E-state index contributed by atoms with van der Waals surface area (Å²) in [4.78, 5) is 27.9. The third-order valence-electron chi connectivity index (χ3n) is 4.19. The van der Waals surface area contributed by atoms with Crippen molar-refractivity contribution in [2.24, 2.45) is 0 Å². The van der Waals surface area contributed by atoms with Crippen LogP contribution in [-0.4, -0.2) is 25.4 Å². The number of anilines is 1. The van der Waals surface area contributed by atoms with Crippen LogP contribution >= 0.6 is 11.3 Å². The Kier molecular flexibility index (Phi) is 4.32. The lowest BCUT2D eigenvalue weighted by atomic mass is 10.1. The molecule has 0 saturated carbocycles. The number of halogens is 1. The van der Waals surface area contributed by atoms with Crippen molar-refractivity contribution in [3.8, 4) is 11.3 Å². The summed E-state index contributed by atoms with van der Waals surface area (Å²) < 4.78 is 14.7. The molecule has 2 heterocycles. The fraction of sp³-hybridized carbons (Fsp3) is 0.0556. The molecule has 0 fully saturated rings. The van der Waals surface area contributed by atoms with E-state index in [4.69, 9.17) is 0 Å². The summed E-state index contributed by atoms with van der Waals surface area (Å²) in [5, 5.41) is 19.7. The highest BCUT2D eigenvalue weighted by atomic mass is 32.1. The van der Waals surface area contributed by atoms with Gasteiger partial charge in [-0.15, -0.1) is 16.4 Å². The molecular formula is C18H12FN5O3S. The summed E-state index contributed by atoms with van der Waals surface area (Å²) in [6, 6.07) is 10.2. The molecule has 0 radical (unpaired) electrons. The molecule has 1 amide bonds. The first-order valence-electron chi connectivity index (χ1n) is 8.09. The fourth-order valence-electron chi connectivity index (χ4n) is 2.79. The number of fused-ring (bicyclic) bond motifs is 1. The zero-order valence-corrected chi connectivity index (χ0v) is 15.2. The van der Waals surface area contributed by atoms with Gasteiger partial charge in [0, 0.05) is 28.1 Å². The molecule has 4 rings (SSSR count). The maximum Gasteiger partial charge on any atom is 0.273 e. The first-order valence-corrected chi connectivity index (χ1v) is 8.97. The van der Waals surface area contributed by atoms with Gasteiger partial charge >= 0.3 is 0 Å². The minimum absolute atomic E-state index is 0.0751. The maximum atomic E-state index is 13.1. The van der Waals surface area contributed by atoms with Crippen molar-refractivity contribution >= 4 is 33.8 Å². The van der Waals surface area contributed by atoms with Crippen molar-refractivity contribution in [3.63, 3.8) is 0 Å². The van der Waals surface area contributed by atoms with E-state index >= 15 is 0 Å². The predicted octanol–water partition coefficient (Wildman–Crippen LogP) is 4.07. The van der Waals surface area contributed by atoms with E-state index in [2.05, 4.69) is 15.4 Å². The Labute approximate surface area is 161 Å². The number of aromatic nitrogens is 3. The van der Waals surface area contributed by atoms with E-state index in [1.807, 2.05) is 5.38 Å². The highest BCUT2D eigenvalue weighted by molar-refractivity contribution is 7.15. The average Bonchev–Trinajstić information content (AvgIpc) is 3.22. The number of hydrogen-bond acceptors (Lipinski definition) is 6. The number of nitro groups is 1. The monoisotopic (exact) mass is 397 g/mol. The lowest BCUT2D eigenvalue weighted by Gasteiger charge is -2.05. The Bertz CT molecular complexity index is 1220. The summed E-state index contributed by atoms with van der Waals surface area (Å²) in [5.41, 5.74) is 1.76. The summed E-state index contributed by atoms with van der Waals surface area (Å²) >= 11 is 1.32. The van der Waals surface area contributed by atoms with E-state index in [0.29, 0.717) is 10.7 Å². The van der Waals surface area contributed by atoms with Crippen molar-refractivity contribution in [3.05, 3.63) is 74.9 Å². The Balaban J connectivity index is 1.64. The Morgan fingerprint density at radius 1 is 1.25 bits per heavy atom. The first-order chi connectivity index (χ1) is 13.4. The third kappa shape index (κ3) is 3.09. The lowest BCUT2D eigenvalue weighted by Crippen LogP contribution is -2.15. The van der Waals surface area contributed by atoms with Crippen molar-refractivity contribution in [2.75, 3.05) is 5.32 Å². The minimum Gasteiger partial charge on any atom is -0.289 e. The van der Waals surface area contributed by atoms with E-state index in [9.17, 15) is 19.3 Å². The van der Waals surface area contributed by atoms with Gasteiger partial charge in [-0.3, -0.25) is 20.2 Å². The lowest BCUT2D eigenvalue weighted by molar-refractivity contribution is -0.385. The number of carbonyl (C=O) groups is 1. The quantitative estimate of drug-likeness (QED) is 0.413. The zero-order valence-electron chi connectivity index (χ0n) is 14.4. The summed E-state index contributed by atoms with van der Waals surface area (Å²) in [6.45, 7) is 1.51. The molecule has 8 nitrogen and oxygen atoms in total. The number of nitro benzene ring substituents is 1. The normalized spacial score (nSPS) is 10.9. The van der Waals surface area contributed by atoms with Gasteiger partial charge in [0.05, 0.1) is 10.6 Å². The fourth-order valence-corrected chi connectivity index (χ4v) is 3.62. The highest BCUT2D eigenvalue weighted by Gasteiger charge is 2.20. The number of hydrogen-bond donors (Lipinski definition) is 1. The molecule has 0 atom stereocenters. The Morgan fingerprint density at radius 2 is 2.00 bits per heavy atom. The molecule has 1 N–H and O–H groups in total. The van der Waals surface area contributed by atoms with E-state index < -0.39 is 10.8 Å². The van der Waals surface area contributed by atoms with Gasteiger partial charge in [-0.25, -0.2) is 8.91 Å². The van der Waals surface area contributed by atoms with Gasteiger partial charge < -0.3 is 0 Å². The number of nitrogens with zero attached hydrogens (tertiary/aromatic N) is 4. The van der Waals surface area contributed by atoms with Crippen LogP contribution in [0.4, 0.5) is 16.0 Å². The number of thiazole rings is 1. The van der Waals surface area contributed by atoms with Gasteiger partial charge in [0.1, 0.15) is 5.82 Å². The summed E-state index contributed by atoms with van der Waals surface area (Å²) in [6.07, 6.45) is 0. The average molecular weight is 397 g/mol. The Hall–Kier alpha value is -3.66. The zero-order chi connectivity index (χ0) is 19.8. The third-order valence-corrected chi connectivity index (χ3v) is 5.01. The van der Waals surface area contributed by atoms with Crippen molar-refractivity contribution in [1.82, 2.24) is 14.6 Å². The number of carbonyl (C=O) groups excluding carboxylic acids is 1. The molecule has 2 aromatic carbocycles. The van der Waals surface area contributed by atoms with Gasteiger partial charge in [-0.1, -0.05) is 6.07 Å². The molecule has 0 bridgehead atoms. The number of benzene rings is 2. The molecule has 28 heavy (non-hydrogen) atoms. The Morgan fingerprint density at radius 3 is 2.71 bits per heavy atom. The number of rotatable bonds is 4. The molecule has 0 aliphatic carbocycles. The van der Waals surface area contributed by atoms with Crippen LogP contribution in [0.5, 0.6) is 0 Å². The second kappa shape index (κ2) is 6.82. The smallest absolute Gasteiger partial charge is 0.273 e. The van der Waals surface area contributed by atoms with Gasteiger partial charge in [0.25, 0.3) is 17.5 Å². The first kappa shape index (κ1) is 17.7. The molecule has 10 heteroatoms. The molecule has 0 unspecified atom stereocenters. The molecule has 2 aromatic heterocycles. The summed E-state index contributed by atoms with van der Waals surface area (Å²) in [5.74, 6) is -0.803. The van der Waals surface area contributed by atoms with Crippen molar-refractivity contribution in [1.29, 1.82) is 0 Å². The van der Waals surface area contributed by atoms with Gasteiger partial charge in [0.2, 0.25) is 4.96 Å². The van der Waals surface area contributed by atoms with Crippen LogP contribution in [0.15, 0.2) is 47.8 Å². The van der Waals surface area contributed by atoms with E-state index in [0.717, 1.165) is 5.56 Å². The standard InChI is InChI=1S/C18H12FN5O3S/c1-10-13(3-2-4-14(10)24(26)27)16(25)20-17-21-18-23(22-17)15(9-28-18)11-5-7-12(19)8-6-11/h2-9H,1H3,(H,20,22,25). The van der Waals surface area contributed by atoms with Crippen LogP contribution in [0, 0.1) is 22.9 Å². The van der Waals surface area contributed by atoms with E-state index in [1.165, 1.54) is 48.6 Å². The SMILES string of the molecule is Cc1c(C(=O)Nc2nc3scc(-c4ccc(F)cc4)n3n2)cccc1[N+](=O)[O-]. The second-order valence-electron chi connectivity index (χ2n) is 5.92. The van der Waals surface area contributed by atoms with Gasteiger partial charge in [-0.05, 0) is 37.3 Å². The maximum absolute atomic E-state index is 13.1. The van der Waals surface area contributed by atoms with Crippen LogP contribution in [0.25, 0.3) is 16.2 Å². The minimum atomic E-state index is -0.539. The molecule has 0 saturated heterocycles. The second-order valence-corrected chi connectivity index (χ2v) is 6.76. The molecule has 0 aliphatic rings. The molecule has 4 aromatic rings. The van der Waals surface area contributed by atoms with E-state index in [-0.39, 0.29) is 28.6 Å². The largest absolute Gasteiger partial charge is 0.289 e. The topological polar surface area (TPSA) is 102 Å². The van der Waals surface area contributed by atoms with E-state index in [1.54, 1.807) is 16.6 Å². The number of amides is 1. The molecule has 140 valence electrons. The molecule has 0 aliphatic heterocycles. The number of nitrogens with one attached hydrogen (secondary N) is 1. The molecule has 0 spiro atoms. The predicted molar refractivity (Wildman–Crippen MR) is 102 cm³/mol. The molecular weight excluding hydrogens is 385 g/mol. The summed E-state index contributed by atoms with van der Waals surface area (Å²) in [7, 11) is 0. The van der Waals surface area contributed by atoms with Crippen LogP contribution < -0.4 is 5.32 Å². The van der Waals surface area contributed by atoms with Crippen LogP contribution in [0.1, 0.15) is 15.9 Å². The van der Waals surface area contributed by atoms with Crippen LogP contribution in [0.3, 0.4) is 0 Å². The van der Waals surface area contributed by atoms with Crippen molar-refractivity contribution < 1.29 is 14.1 Å². The van der Waals surface area contributed by atoms with Gasteiger partial charge in [0.15, 0.2) is 0 Å². The van der Waals surface area contributed by atoms with Crippen molar-refractivity contribution in [2.45, 2.75) is 6.92 Å². The van der Waals surface area contributed by atoms with Crippen LogP contribution in [-0.2, 0) is 0 Å².